The zero-order chi connectivity index (χ0) is 18.9. The van der Waals surface area contributed by atoms with Crippen molar-refractivity contribution in [2.24, 2.45) is 0 Å². The van der Waals surface area contributed by atoms with Crippen molar-refractivity contribution in [3.63, 3.8) is 0 Å². The van der Waals surface area contributed by atoms with Gasteiger partial charge in [-0.1, -0.05) is 11.6 Å². The lowest BCUT2D eigenvalue weighted by molar-refractivity contribution is -0.134. The Morgan fingerprint density at radius 3 is 2.65 bits per heavy atom. The maximum atomic E-state index is 12.9. The lowest BCUT2D eigenvalue weighted by Gasteiger charge is -2.35. The van der Waals surface area contributed by atoms with E-state index in [0.717, 1.165) is 24.4 Å². The first-order valence-corrected chi connectivity index (χ1v) is 9.06. The van der Waals surface area contributed by atoms with Crippen molar-refractivity contribution in [3.05, 3.63) is 28.8 Å². The van der Waals surface area contributed by atoms with Gasteiger partial charge in [0.15, 0.2) is 0 Å². The van der Waals surface area contributed by atoms with E-state index in [2.05, 4.69) is 10.2 Å². The Bertz CT molecular complexity index is 704. The van der Waals surface area contributed by atoms with Crippen LogP contribution in [0.4, 0.5) is 4.79 Å². The first-order valence-electron chi connectivity index (χ1n) is 8.68. The van der Waals surface area contributed by atoms with Gasteiger partial charge in [0.2, 0.25) is 0 Å². The van der Waals surface area contributed by atoms with Crippen LogP contribution in [-0.4, -0.2) is 73.1 Å². The van der Waals surface area contributed by atoms with E-state index in [1.165, 1.54) is 4.90 Å². The molecule has 0 unspecified atom stereocenters. The van der Waals surface area contributed by atoms with Crippen molar-refractivity contribution in [3.8, 4) is 5.75 Å². The van der Waals surface area contributed by atoms with Crippen LogP contribution in [0.5, 0.6) is 5.75 Å². The average molecular weight is 381 g/mol. The van der Waals surface area contributed by atoms with Gasteiger partial charge in [-0.25, -0.2) is 9.69 Å². The van der Waals surface area contributed by atoms with Gasteiger partial charge >= 0.3 is 6.03 Å². The number of likely N-dealkylation sites (tertiary alicyclic amines) is 1. The van der Waals surface area contributed by atoms with E-state index in [1.54, 1.807) is 13.2 Å². The number of hydrogen-bond acceptors (Lipinski definition) is 5. The number of methoxy groups -OCH3 is 1. The van der Waals surface area contributed by atoms with Crippen molar-refractivity contribution in [2.45, 2.75) is 24.9 Å². The van der Waals surface area contributed by atoms with E-state index < -0.39 is 5.54 Å². The fourth-order valence-corrected chi connectivity index (χ4v) is 3.79. The second kappa shape index (κ2) is 7.42. The molecule has 1 N–H and O–H groups in total. The Balaban J connectivity index is 1.68. The van der Waals surface area contributed by atoms with Crippen molar-refractivity contribution >= 4 is 23.5 Å². The largest absolute Gasteiger partial charge is 0.496 e. The summed E-state index contributed by atoms with van der Waals surface area (Å²) in [5, 5.41) is 3.55. The topological polar surface area (TPSA) is 65.1 Å². The minimum Gasteiger partial charge on any atom is -0.496 e. The van der Waals surface area contributed by atoms with Crippen LogP contribution < -0.4 is 10.1 Å². The van der Waals surface area contributed by atoms with Crippen molar-refractivity contribution in [1.82, 2.24) is 20.0 Å². The Morgan fingerprint density at radius 1 is 1.31 bits per heavy atom. The van der Waals surface area contributed by atoms with Gasteiger partial charge in [-0.3, -0.25) is 9.69 Å². The monoisotopic (exact) mass is 380 g/mol. The SMILES string of the molecule is COc1ccc(Cl)cc1CN(C)CN1C(=O)NC2(CCN(C)CC2)C1=O. The van der Waals surface area contributed by atoms with Crippen LogP contribution in [0.2, 0.25) is 5.02 Å². The van der Waals surface area contributed by atoms with Gasteiger partial charge < -0.3 is 15.0 Å². The van der Waals surface area contributed by atoms with Crippen LogP contribution in [0.1, 0.15) is 18.4 Å². The number of carbonyl (C=O) groups is 2. The standard InChI is InChI=1S/C18H25ClN4O3/c1-21-8-6-18(7-9-21)16(24)23(17(25)20-18)12-22(2)11-13-10-14(19)4-5-15(13)26-3/h4-5,10H,6-9,11-12H2,1-3H3,(H,20,25). The van der Waals surface area contributed by atoms with E-state index in [4.69, 9.17) is 16.3 Å². The second-order valence-corrected chi connectivity index (χ2v) is 7.60. The summed E-state index contributed by atoms with van der Waals surface area (Å²) in [5.74, 6) is 0.603. The third kappa shape index (κ3) is 3.65. The zero-order valence-corrected chi connectivity index (χ0v) is 16.2. The summed E-state index contributed by atoms with van der Waals surface area (Å²) in [7, 11) is 5.49. The van der Waals surface area contributed by atoms with Crippen LogP contribution in [0.15, 0.2) is 18.2 Å². The third-order valence-corrected chi connectivity index (χ3v) is 5.39. The minimum absolute atomic E-state index is 0.125. The van der Waals surface area contributed by atoms with Gasteiger partial charge in [0, 0.05) is 30.2 Å². The maximum Gasteiger partial charge on any atom is 0.326 e. The molecule has 7 nitrogen and oxygen atoms in total. The quantitative estimate of drug-likeness (QED) is 0.788. The predicted octanol–water partition coefficient (Wildman–Crippen LogP) is 1.75. The number of ether oxygens (including phenoxy) is 1. The predicted molar refractivity (Wildman–Crippen MR) is 99.2 cm³/mol. The molecule has 0 bridgehead atoms. The molecule has 142 valence electrons. The smallest absolute Gasteiger partial charge is 0.326 e. The zero-order valence-electron chi connectivity index (χ0n) is 15.4. The molecule has 0 radical (unpaired) electrons. The molecule has 3 rings (SSSR count). The molecule has 26 heavy (non-hydrogen) atoms. The van der Waals surface area contributed by atoms with Gasteiger partial charge in [0.25, 0.3) is 5.91 Å². The highest BCUT2D eigenvalue weighted by Crippen LogP contribution is 2.29. The van der Waals surface area contributed by atoms with Crippen LogP contribution in [0.25, 0.3) is 0 Å². The molecule has 0 aromatic heterocycles. The van der Waals surface area contributed by atoms with Crippen molar-refractivity contribution < 1.29 is 14.3 Å². The lowest BCUT2D eigenvalue weighted by atomic mass is 9.88. The summed E-state index contributed by atoms with van der Waals surface area (Å²) in [6.07, 6.45) is 1.30. The van der Waals surface area contributed by atoms with Gasteiger partial charge in [-0.15, -0.1) is 0 Å². The Morgan fingerprint density at radius 2 is 2.00 bits per heavy atom. The summed E-state index contributed by atoms with van der Waals surface area (Å²) >= 11 is 6.08. The fraction of sp³-hybridized carbons (Fsp3) is 0.556. The summed E-state index contributed by atoms with van der Waals surface area (Å²) in [5.41, 5.74) is 0.168. The number of piperidine rings is 1. The molecular formula is C18H25ClN4O3. The highest BCUT2D eigenvalue weighted by molar-refractivity contribution is 6.30. The Kier molecular flexibility index (Phi) is 5.41. The van der Waals surface area contributed by atoms with E-state index in [1.807, 2.05) is 31.1 Å². The first kappa shape index (κ1) is 18.9. The number of amides is 3. The highest BCUT2D eigenvalue weighted by atomic mass is 35.5. The maximum absolute atomic E-state index is 12.9. The molecule has 1 aromatic carbocycles. The molecule has 0 aliphatic carbocycles. The number of nitrogens with zero attached hydrogens (tertiary/aromatic N) is 3. The average Bonchev–Trinajstić information content (AvgIpc) is 2.82. The Labute approximate surface area is 158 Å². The molecule has 3 amide bonds. The number of imide groups is 1. The van der Waals surface area contributed by atoms with Gasteiger partial charge in [0.1, 0.15) is 11.3 Å². The second-order valence-electron chi connectivity index (χ2n) is 7.16. The van der Waals surface area contributed by atoms with Gasteiger partial charge in [-0.2, -0.15) is 0 Å². The van der Waals surface area contributed by atoms with E-state index in [9.17, 15) is 9.59 Å². The third-order valence-electron chi connectivity index (χ3n) is 5.15. The number of halogens is 1. The summed E-state index contributed by atoms with van der Waals surface area (Å²) in [6, 6.07) is 5.10. The summed E-state index contributed by atoms with van der Waals surface area (Å²) < 4.78 is 5.36. The molecule has 1 aromatic rings. The van der Waals surface area contributed by atoms with Crippen LogP contribution in [0.3, 0.4) is 0 Å². The normalized spacial score (nSPS) is 20.1. The van der Waals surface area contributed by atoms with Crippen LogP contribution in [-0.2, 0) is 11.3 Å². The van der Waals surface area contributed by atoms with Gasteiger partial charge in [-0.05, 0) is 45.1 Å². The number of benzene rings is 1. The van der Waals surface area contributed by atoms with Crippen LogP contribution >= 0.6 is 11.6 Å². The molecule has 1 spiro atoms. The van der Waals surface area contributed by atoms with Crippen molar-refractivity contribution in [2.75, 3.05) is 41.0 Å². The molecule has 2 fully saturated rings. The highest BCUT2D eigenvalue weighted by Gasteiger charge is 2.52. The summed E-state index contributed by atoms with van der Waals surface area (Å²) in [6.45, 7) is 2.33. The Hall–Kier alpha value is -1.83. The van der Waals surface area contributed by atoms with Crippen molar-refractivity contribution in [1.29, 1.82) is 0 Å². The molecule has 2 saturated heterocycles. The minimum atomic E-state index is -0.738. The number of carbonyl (C=O) groups excluding carboxylic acids is 2. The van der Waals surface area contributed by atoms with Gasteiger partial charge in [0.05, 0.1) is 13.8 Å². The molecule has 2 aliphatic heterocycles. The number of nitrogens with one attached hydrogen (secondary N) is 1. The van der Waals surface area contributed by atoms with Crippen LogP contribution in [0, 0.1) is 0 Å². The lowest BCUT2D eigenvalue weighted by Crippen LogP contribution is -2.54. The van der Waals surface area contributed by atoms with E-state index in [-0.39, 0.29) is 18.6 Å². The molecule has 8 heteroatoms. The fourth-order valence-electron chi connectivity index (χ4n) is 3.60. The molecule has 2 heterocycles. The number of hydrogen-bond donors (Lipinski definition) is 1. The van der Waals surface area contributed by atoms with E-state index >= 15 is 0 Å². The molecule has 0 saturated carbocycles. The molecule has 2 aliphatic rings. The molecule has 0 atom stereocenters. The number of rotatable bonds is 5. The first-order chi connectivity index (χ1) is 12.3. The van der Waals surface area contributed by atoms with E-state index in [0.29, 0.717) is 24.4 Å². The number of urea groups is 1. The molecular weight excluding hydrogens is 356 g/mol. The summed E-state index contributed by atoms with van der Waals surface area (Å²) in [4.78, 5) is 30.7.